The number of ether oxygens (including phenoxy) is 3. The third-order valence-corrected chi connectivity index (χ3v) is 4.02. The number of hydrogen-bond donors (Lipinski definition) is 1. The van der Waals surface area contributed by atoms with Crippen LogP contribution in [0.3, 0.4) is 0 Å². The van der Waals surface area contributed by atoms with Crippen molar-refractivity contribution in [2.24, 2.45) is 0 Å². The Balaban J connectivity index is 2.20. The molecule has 1 aromatic rings. The summed E-state index contributed by atoms with van der Waals surface area (Å²) in [7, 11) is 1.29. The fourth-order valence-electron chi connectivity index (χ4n) is 1.94. The maximum absolute atomic E-state index is 11.9. The number of halogens is 2. The summed E-state index contributed by atoms with van der Waals surface area (Å²) in [6, 6.07) is 3.07. The van der Waals surface area contributed by atoms with E-state index in [1.54, 1.807) is 13.0 Å². The van der Waals surface area contributed by atoms with Gasteiger partial charge in [0, 0.05) is 13.0 Å². The Hall–Kier alpha value is -1.92. The van der Waals surface area contributed by atoms with Gasteiger partial charge in [0.15, 0.2) is 10.9 Å². The number of carbonyl (C=O) groups excluding carboxylic acids is 1. The van der Waals surface area contributed by atoms with Crippen molar-refractivity contribution in [1.29, 1.82) is 0 Å². The lowest BCUT2D eigenvalue weighted by Gasteiger charge is -2.38. The van der Waals surface area contributed by atoms with Crippen molar-refractivity contribution in [2.75, 3.05) is 32.3 Å². The molecule has 134 valence electrons. The minimum Gasteiger partial charge on any atom is -0.452 e. The molecule has 7 nitrogen and oxygen atoms in total. The molecule has 0 bridgehead atoms. The molecule has 0 atom stereocenters. The first kappa shape index (κ1) is 19.4. The molecule has 1 N–H and O–H groups in total. The number of nitrogens with one attached hydrogen (secondary N) is 1. The first-order valence-electron chi connectivity index (χ1n) is 7.07. The topological polar surface area (TPSA) is 63.3 Å². The molecule has 1 aliphatic rings. The van der Waals surface area contributed by atoms with Crippen LogP contribution in [0, 0.1) is 12.0 Å². The van der Waals surface area contributed by atoms with Crippen LogP contribution >= 0.6 is 35.4 Å². The molecule has 0 saturated carbocycles. The van der Waals surface area contributed by atoms with Gasteiger partial charge in [-0.2, -0.15) is 0 Å². The molecule has 1 aromatic carbocycles. The average Bonchev–Trinajstić information content (AvgIpc) is 2.62. The number of amides is 1. The van der Waals surface area contributed by atoms with Gasteiger partial charge in [0.05, 0.1) is 36.0 Å². The van der Waals surface area contributed by atoms with Crippen LogP contribution < -0.4 is 10.1 Å². The number of hydrogen-bond acceptors (Lipinski definition) is 5. The van der Waals surface area contributed by atoms with E-state index in [-0.39, 0.29) is 11.8 Å². The molecule has 0 aromatic heterocycles. The number of rotatable bonds is 2. The van der Waals surface area contributed by atoms with E-state index in [1.165, 1.54) is 23.2 Å². The van der Waals surface area contributed by atoms with Gasteiger partial charge in [-0.3, -0.25) is 0 Å². The lowest BCUT2D eigenvalue weighted by molar-refractivity contribution is -0.0963. The highest BCUT2D eigenvalue weighted by atomic mass is 35.5. The van der Waals surface area contributed by atoms with Gasteiger partial charge in [-0.05, 0) is 18.3 Å². The molecular formula is C15H15Cl2N3O4S. The van der Waals surface area contributed by atoms with Crippen LogP contribution in [0.25, 0.3) is 0 Å². The quantitative estimate of drug-likeness (QED) is 0.599. The Bertz CT molecular complexity index is 735. The second-order valence-electron chi connectivity index (χ2n) is 4.68. The molecule has 0 spiro atoms. The predicted molar refractivity (Wildman–Crippen MR) is 98.5 cm³/mol. The maximum atomic E-state index is 11.9. The lowest BCUT2D eigenvalue weighted by atomic mass is 10.3. The summed E-state index contributed by atoms with van der Waals surface area (Å²) < 4.78 is 15.3. The summed E-state index contributed by atoms with van der Waals surface area (Å²) in [5.74, 6) is 2.93. The summed E-state index contributed by atoms with van der Waals surface area (Å²) in [6.07, 6.45) is 1.92. The molecule has 0 unspecified atom stereocenters. The molecule has 0 aliphatic carbocycles. The summed E-state index contributed by atoms with van der Waals surface area (Å²) in [4.78, 5) is 11.9. The normalized spacial score (nSPS) is 13.6. The Labute approximate surface area is 160 Å². The molecule has 1 amide bonds. The van der Waals surface area contributed by atoms with Crippen molar-refractivity contribution in [3.8, 4) is 17.8 Å². The zero-order chi connectivity index (χ0) is 18.4. The molecule has 25 heavy (non-hydrogen) atoms. The van der Waals surface area contributed by atoms with E-state index in [0.29, 0.717) is 34.6 Å². The Kier molecular flexibility index (Phi) is 6.96. The van der Waals surface area contributed by atoms with Crippen molar-refractivity contribution in [2.45, 2.75) is 6.92 Å². The van der Waals surface area contributed by atoms with Gasteiger partial charge in [-0.25, -0.2) is 14.8 Å². The van der Waals surface area contributed by atoms with Crippen molar-refractivity contribution >= 4 is 52.3 Å². The van der Waals surface area contributed by atoms with Gasteiger partial charge in [0.25, 0.3) is 0 Å². The van der Waals surface area contributed by atoms with Crippen LogP contribution in [0.4, 0.5) is 10.5 Å². The summed E-state index contributed by atoms with van der Waals surface area (Å²) in [5, 5.41) is 6.54. The summed E-state index contributed by atoms with van der Waals surface area (Å²) in [6.45, 7) is 2.42. The van der Waals surface area contributed by atoms with Crippen molar-refractivity contribution < 1.29 is 19.0 Å². The third kappa shape index (κ3) is 4.80. The maximum Gasteiger partial charge on any atom is 0.428 e. The minimum atomic E-state index is -0.545. The van der Waals surface area contributed by atoms with Crippen LogP contribution in [0.15, 0.2) is 12.1 Å². The lowest BCUT2D eigenvalue weighted by Crippen LogP contribution is -2.56. The van der Waals surface area contributed by atoms with Gasteiger partial charge >= 0.3 is 6.09 Å². The number of hydrazine groups is 1. The summed E-state index contributed by atoms with van der Waals surface area (Å²) in [5.41, 5.74) is 0.444. The smallest absolute Gasteiger partial charge is 0.428 e. The Morgan fingerprint density at radius 1 is 1.36 bits per heavy atom. The number of carbonyl (C=O) groups is 1. The van der Waals surface area contributed by atoms with E-state index in [0.717, 1.165) is 0 Å². The second-order valence-corrected chi connectivity index (χ2v) is 5.88. The highest BCUT2D eigenvalue weighted by Gasteiger charge is 2.28. The Morgan fingerprint density at radius 3 is 2.80 bits per heavy atom. The van der Waals surface area contributed by atoms with Crippen LogP contribution in [0.1, 0.15) is 6.92 Å². The molecule has 1 aliphatic heterocycles. The fraction of sp³-hybridized carbons (Fsp3) is 0.333. The summed E-state index contributed by atoms with van der Waals surface area (Å²) >= 11 is 17.6. The van der Waals surface area contributed by atoms with E-state index in [9.17, 15) is 4.79 Å². The van der Waals surface area contributed by atoms with Gasteiger partial charge in [0.1, 0.15) is 12.8 Å². The van der Waals surface area contributed by atoms with Crippen LogP contribution in [0.5, 0.6) is 5.75 Å². The molecule has 1 heterocycles. The molecular weight excluding hydrogens is 389 g/mol. The van der Waals surface area contributed by atoms with Crippen molar-refractivity contribution in [1.82, 2.24) is 10.0 Å². The van der Waals surface area contributed by atoms with Gasteiger partial charge in [0.2, 0.25) is 0 Å². The van der Waals surface area contributed by atoms with Crippen molar-refractivity contribution in [3.63, 3.8) is 0 Å². The van der Waals surface area contributed by atoms with E-state index in [1.807, 2.05) is 0 Å². The number of methoxy groups -OCH3 is 1. The van der Waals surface area contributed by atoms with Crippen LogP contribution in [-0.4, -0.2) is 48.2 Å². The van der Waals surface area contributed by atoms with Crippen molar-refractivity contribution in [3.05, 3.63) is 22.2 Å². The highest BCUT2D eigenvalue weighted by Crippen LogP contribution is 2.34. The largest absolute Gasteiger partial charge is 0.452 e. The van der Waals surface area contributed by atoms with E-state index in [4.69, 9.17) is 49.6 Å². The van der Waals surface area contributed by atoms with E-state index >= 15 is 0 Å². The number of thiocarbonyl (C=S) groups is 1. The monoisotopic (exact) mass is 403 g/mol. The first-order chi connectivity index (χ1) is 12.0. The third-order valence-electron chi connectivity index (χ3n) is 3.10. The van der Waals surface area contributed by atoms with Gasteiger partial charge < -0.3 is 19.5 Å². The van der Waals surface area contributed by atoms with E-state index in [2.05, 4.69) is 17.3 Å². The van der Waals surface area contributed by atoms with Crippen LogP contribution in [-0.2, 0) is 9.47 Å². The molecule has 10 heteroatoms. The molecule has 0 radical (unpaired) electrons. The Morgan fingerprint density at radius 2 is 2.12 bits per heavy atom. The number of anilines is 1. The predicted octanol–water partition coefficient (Wildman–Crippen LogP) is 3.32. The standard InChI is InChI=1S/C15H15Cl2N3O4S/c1-3-5-24-13-8-12(10(16)7-11(13)17)18-14(25)20-9-23-6-4-19(20)15(21)22-2/h7-8H,4,6,9H2,1-2H3,(H,18,25). The zero-order valence-corrected chi connectivity index (χ0v) is 15.8. The SMILES string of the molecule is CC#COc1cc(NC(=S)N2COCCN2C(=O)OC)c(Cl)cc1Cl. The second kappa shape index (κ2) is 8.97. The van der Waals surface area contributed by atoms with Gasteiger partial charge in [-0.1, -0.05) is 29.1 Å². The molecule has 2 rings (SSSR count). The first-order valence-corrected chi connectivity index (χ1v) is 8.23. The average molecular weight is 404 g/mol. The van der Waals surface area contributed by atoms with E-state index < -0.39 is 6.09 Å². The van der Waals surface area contributed by atoms with Gasteiger partial charge in [-0.15, -0.1) is 0 Å². The molecule has 1 fully saturated rings. The number of nitrogens with zero attached hydrogens (tertiary/aromatic N) is 2. The molecule has 1 saturated heterocycles. The number of benzene rings is 1. The fourth-order valence-corrected chi connectivity index (χ4v) is 2.68. The highest BCUT2D eigenvalue weighted by molar-refractivity contribution is 7.80. The van der Waals surface area contributed by atoms with Crippen LogP contribution in [0.2, 0.25) is 10.0 Å². The minimum absolute atomic E-state index is 0.0941. The zero-order valence-electron chi connectivity index (χ0n) is 13.5.